The van der Waals surface area contributed by atoms with Crippen LogP contribution < -0.4 is 4.31 Å². The van der Waals surface area contributed by atoms with Crippen LogP contribution in [0.3, 0.4) is 0 Å². The fraction of sp³-hybridized carbons (Fsp3) is 0.364. The maximum Gasteiger partial charge on any atom is 0.326 e. The van der Waals surface area contributed by atoms with Crippen molar-refractivity contribution in [3.05, 3.63) is 29.6 Å². The second-order valence-corrected chi connectivity index (χ2v) is 5.70. The number of esters is 1. The van der Waals surface area contributed by atoms with Crippen molar-refractivity contribution in [3.63, 3.8) is 0 Å². The molecule has 0 aliphatic rings. The van der Waals surface area contributed by atoms with Gasteiger partial charge in [0.05, 0.1) is 18.6 Å². The summed E-state index contributed by atoms with van der Waals surface area (Å²) in [6.45, 7) is 0.659. The number of carbonyl (C=O) groups is 1. The van der Waals surface area contributed by atoms with Crippen LogP contribution in [0.25, 0.3) is 0 Å². The summed E-state index contributed by atoms with van der Waals surface area (Å²) in [4.78, 5) is 11.3. The van der Waals surface area contributed by atoms with Gasteiger partial charge in [-0.1, -0.05) is 0 Å². The number of nitrogens with zero attached hydrogens (tertiary/aromatic N) is 1. The molecule has 0 aliphatic carbocycles. The highest BCUT2D eigenvalue weighted by Gasteiger charge is 2.25. The molecule has 0 spiro atoms. The Morgan fingerprint density at radius 1 is 1.20 bits per heavy atom. The van der Waals surface area contributed by atoms with Gasteiger partial charge in [0.1, 0.15) is 6.54 Å². The fourth-order valence-corrected chi connectivity index (χ4v) is 2.25. The normalized spacial score (nSPS) is 11.2. The summed E-state index contributed by atoms with van der Waals surface area (Å²) in [6, 6.07) is 0.568. The van der Waals surface area contributed by atoms with Crippen LogP contribution in [0.2, 0.25) is 0 Å². The number of benzene rings is 1. The Hall–Kier alpha value is -1.77. The molecule has 0 heterocycles. The number of carbonyl (C=O) groups excluding carboxylic acids is 1. The van der Waals surface area contributed by atoms with Crippen molar-refractivity contribution in [1.29, 1.82) is 0 Å². The number of halogens is 3. The highest BCUT2D eigenvalue weighted by molar-refractivity contribution is 7.92. The second-order valence-electron chi connectivity index (χ2n) is 3.79. The smallest absolute Gasteiger partial charge is 0.326 e. The van der Waals surface area contributed by atoms with Gasteiger partial charge in [-0.2, -0.15) is 0 Å². The molecule has 9 heteroatoms. The summed E-state index contributed by atoms with van der Waals surface area (Å²) in [5.74, 6) is -5.14. The SMILES string of the molecule is CCOC(=O)CN(c1cc(F)c(F)cc1F)S(C)(=O)=O. The van der Waals surface area contributed by atoms with Gasteiger partial charge >= 0.3 is 5.97 Å². The zero-order valence-electron chi connectivity index (χ0n) is 10.7. The van der Waals surface area contributed by atoms with Crippen molar-refractivity contribution in [2.24, 2.45) is 0 Å². The minimum Gasteiger partial charge on any atom is -0.465 e. The zero-order chi connectivity index (χ0) is 15.5. The number of anilines is 1. The van der Waals surface area contributed by atoms with Crippen LogP contribution in [-0.2, 0) is 19.6 Å². The van der Waals surface area contributed by atoms with Crippen LogP contribution in [0.5, 0.6) is 0 Å². The van der Waals surface area contributed by atoms with Gasteiger partial charge in [-0.25, -0.2) is 21.6 Å². The van der Waals surface area contributed by atoms with Crippen molar-refractivity contribution in [2.45, 2.75) is 6.92 Å². The van der Waals surface area contributed by atoms with Gasteiger partial charge < -0.3 is 4.74 Å². The predicted molar refractivity (Wildman–Crippen MR) is 65.1 cm³/mol. The van der Waals surface area contributed by atoms with E-state index in [1.54, 1.807) is 0 Å². The van der Waals surface area contributed by atoms with Gasteiger partial charge in [0.25, 0.3) is 0 Å². The molecule has 0 aromatic heterocycles. The molecule has 0 atom stereocenters. The molecule has 0 N–H and O–H groups in total. The highest BCUT2D eigenvalue weighted by atomic mass is 32.2. The van der Waals surface area contributed by atoms with E-state index in [-0.39, 0.29) is 12.7 Å². The number of sulfonamides is 1. The topological polar surface area (TPSA) is 63.7 Å². The molecule has 0 bridgehead atoms. The van der Waals surface area contributed by atoms with E-state index in [1.807, 2.05) is 0 Å². The summed E-state index contributed by atoms with van der Waals surface area (Å²) in [6.07, 6.45) is 0.701. The van der Waals surface area contributed by atoms with E-state index in [2.05, 4.69) is 4.74 Å². The highest BCUT2D eigenvalue weighted by Crippen LogP contribution is 2.24. The van der Waals surface area contributed by atoms with E-state index in [4.69, 9.17) is 0 Å². The quantitative estimate of drug-likeness (QED) is 0.609. The maximum atomic E-state index is 13.6. The van der Waals surface area contributed by atoms with Crippen LogP contribution >= 0.6 is 0 Å². The first-order chi connectivity index (χ1) is 9.16. The Morgan fingerprint density at radius 2 is 1.75 bits per heavy atom. The van der Waals surface area contributed by atoms with Crippen LogP contribution in [-0.4, -0.2) is 33.8 Å². The average Bonchev–Trinajstić information content (AvgIpc) is 2.30. The molecule has 0 saturated carbocycles. The molecular weight excluding hydrogens is 299 g/mol. The Morgan fingerprint density at radius 3 is 2.25 bits per heavy atom. The standard InChI is InChI=1S/C11H12F3NO4S/c1-3-19-11(16)6-15(20(2,17)18)10-5-8(13)7(12)4-9(10)14/h4-5H,3,6H2,1-2H3. The molecule has 112 valence electrons. The second kappa shape index (κ2) is 6.12. The zero-order valence-corrected chi connectivity index (χ0v) is 11.5. The molecule has 0 amide bonds. The first-order valence-electron chi connectivity index (χ1n) is 5.44. The summed E-state index contributed by atoms with van der Waals surface area (Å²) >= 11 is 0. The minimum atomic E-state index is -4.08. The molecule has 5 nitrogen and oxygen atoms in total. The molecule has 0 aliphatic heterocycles. The molecule has 0 unspecified atom stereocenters. The third kappa shape index (κ3) is 3.86. The summed E-state index contributed by atoms with van der Waals surface area (Å²) in [5.41, 5.74) is -0.764. The third-order valence-electron chi connectivity index (χ3n) is 2.24. The van der Waals surface area contributed by atoms with Gasteiger partial charge in [0.2, 0.25) is 10.0 Å². The summed E-state index contributed by atoms with van der Waals surface area (Å²) in [7, 11) is -4.08. The lowest BCUT2D eigenvalue weighted by molar-refractivity contribution is -0.141. The van der Waals surface area contributed by atoms with E-state index in [0.29, 0.717) is 16.6 Å². The number of rotatable bonds is 5. The largest absolute Gasteiger partial charge is 0.465 e. The van der Waals surface area contributed by atoms with Crippen LogP contribution in [0.4, 0.5) is 18.9 Å². The molecule has 1 aromatic rings. The van der Waals surface area contributed by atoms with Crippen molar-refractivity contribution >= 4 is 21.7 Å². The van der Waals surface area contributed by atoms with Gasteiger partial charge in [-0.05, 0) is 6.92 Å². The Labute approximate surface area is 114 Å². The van der Waals surface area contributed by atoms with E-state index in [1.165, 1.54) is 6.92 Å². The van der Waals surface area contributed by atoms with Crippen molar-refractivity contribution < 1.29 is 31.1 Å². The lowest BCUT2D eigenvalue weighted by Gasteiger charge is -2.21. The van der Waals surface area contributed by atoms with Crippen LogP contribution in [0, 0.1) is 17.5 Å². The maximum absolute atomic E-state index is 13.6. The fourth-order valence-electron chi connectivity index (χ4n) is 1.41. The van der Waals surface area contributed by atoms with Crippen LogP contribution in [0.15, 0.2) is 12.1 Å². The monoisotopic (exact) mass is 311 g/mol. The Balaban J connectivity index is 3.26. The minimum absolute atomic E-state index is 0.00328. The lowest BCUT2D eigenvalue weighted by atomic mass is 10.3. The third-order valence-corrected chi connectivity index (χ3v) is 3.36. The van der Waals surface area contributed by atoms with Gasteiger partial charge in [0.15, 0.2) is 17.5 Å². The van der Waals surface area contributed by atoms with E-state index >= 15 is 0 Å². The van der Waals surface area contributed by atoms with Crippen molar-refractivity contribution in [3.8, 4) is 0 Å². The van der Waals surface area contributed by atoms with Crippen LogP contribution in [0.1, 0.15) is 6.92 Å². The Kier molecular flexibility index (Phi) is 4.98. The molecule has 1 rings (SSSR count). The van der Waals surface area contributed by atoms with E-state index in [0.717, 1.165) is 0 Å². The molecule has 0 saturated heterocycles. The van der Waals surface area contributed by atoms with E-state index < -0.39 is 45.7 Å². The first kappa shape index (κ1) is 16.3. The van der Waals surface area contributed by atoms with Crippen molar-refractivity contribution in [1.82, 2.24) is 0 Å². The lowest BCUT2D eigenvalue weighted by Crippen LogP contribution is -2.36. The van der Waals surface area contributed by atoms with Gasteiger partial charge in [-0.3, -0.25) is 9.10 Å². The Bertz CT molecular complexity index is 618. The number of ether oxygens (including phenoxy) is 1. The number of hydrogen-bond acceptors (Lipinski definition) is 4. The molecule has 0 radical (unpaired) electrons. The number of hydrogen-bond donors (Lipinski definition) is 0. The van der Waals surface area contributed by atoms with Gasteiger partial charge in [-0.15, -0.1) is 0 Å². The first-order valence-corrected chi connectivity index (χ1v) is 7.29. The molecule has 20 heavy (non-hydrogen) atoms. The van der Waals surface area contributed by atoms with E-state index in [9.17, 15) is 26.4 Å². The average molecular weight is 311 g/mol. The van der Waals surface area contributed by atoms with Gasteiger partial charge in [0, 0.05) is 12.1 Å². The van der Waals surface area contributed by atoms with Crippen molar-refractivity contribution in [2.75, 3.05) is 23.7 Å². The molecular formula is C11H12F3NO4S. The summed E-state index contributed by atoms with van der Waals surface area (Å²) in [5, 5.41) is 0. The molecule has 0 fully saturated rings. The predicted octanol–water partition coefficient (Wildman–Crippen LogP) is 1.43. The summed E-state index contributed by atoms with van der Waals surface area (Å²) < 4.78 is 67.5. The molecule has 1 aromatic carbocycles.